The largest absolute Gasteiger partial charge is 0.497 e. The van der Waals surface area contributed by atoms with E-state index < -0.39 is 17.1 Å². The van der Waals surface area contributed by atoms with Gasteiger partial charge in [0.2, 0.25) is 0 Å². The van der Waals surface area contributed by atoms with Crippen molar-refractivity contribution < 1.29 is 34.0 Å². The Morgan fingerprint density at radius 3 is 2.32 bits per heavy atom. The predicted octanol–water partition coefficient (Wildman–Crippen LogP) is 8.95. The van der Waals surface area contributed by atoms with E-state index in [1.807, 2.05) is 67.6 Å². The van der Waals surface area contributed by atoms with E-state index in [1.54, 1.807) is 56.6 Å². The number of ether oxygens (including phenoxy) is 3. The molecule has 5 atom stereocenters. The number of nitrogens with one attached hydrogen (secondary N) is 1. The molecule has 9 heteroatoms. The molecule has 0 radical (unpaired) electrons. The lowest BCUT2D eigenvalue weighted by atomic mass is 9.64. The molecule has 7 rings (SSSR count). The predicted molar refractivity (Wildman–Crippen MR) is 223 cm³/mol. The van der Waals surface area contributed by atoms with Gasteiger partial charge < -0.3 is 34.6 Å². The van der Waals surface area contributed by atoms with Gasteiger partial charge in [0.1, 0.15) is 17.2 Å². The van der Waals surface area contributed by atoms with Crippen LogP contribution in [0.25, 0.3) is 0 Å². The minimum Gasteiger partial charge on any atom is -0.497 e. The van der Waals surface area contributed by atoms with Crippen LogP contribution in [0.3, 0.4) is 0 Å². The van der Waals surface area contributed by atoms with Crippen molar-refractivity contribution in [1.29, 1.82) is 0 Å². The number of methoxy groups -OCH3 is 3. The number of fused-ring (bicyclic) bond motifs is 8. The van der Waals surface area contributed by atoms with Crippen LogP contribution in [0, 0.1) is 5.41 Å². The van der Waals surface area contributed by atoms with Gasteiger partial charge in [-0.3, -0.25) is 4.79 Å². The lowest BCUT2D eigenvalue weighted by Gasteiger charge is -2.46. The Morgan fingerprint density at radius 2 is 1.61 bits per heavy atom. The van der Waals surface area contributed by atoms with E-state index in [-0.39, 0.29) is 36.9 Å². The first-order valence-corrected chi connectivity index (χ1v) is 20.1. The highest BCUT2D eigenvalue weighted by Crippen LogP contribution is 2.59. The molecule has 3 N–H and O–H groups in total. The number of nitrogens with zero attached hydrogens (tertiary/aromatic N) is 1. The topological polar surface area (TPSA) is 118 Å². The zero-order valence-electron chi connectivity index (χ0n) is 34.2. The van der Waals surface area contributed by atoms with Crippen molar-refractivity contribution in [3.05, 3.63) is 136 Å². The number of amides is 2. The van der Waals surface area contributed by atoms with E-state index in [0.29, 0.717) is 66.9 Å². The van der Waals surface area contributed by atoms with Crippen molar-refractivity contribution in [2.45, 2.75) is 95.9 Å². The Morgan fingerprint density at radius 1 is 0.895 bits per heavy atom. The van der Waals surface area contributed by atoms with E-state index in [1.165, 1.54) is 5.57 Å². The first-order chi connectivity index (χ1) is 27.4. The fraction of sp³-hybridized carbons (Fsp3) is 0.417. The average Bonchev–Trinajstić information content (AvgIpc) is 3.48. The first kappa shape index (κ1) is 41.5. The molecule has 57 heavy (non-hydrogen) atoms. The van der Waals surface area contributed by atoms with Gasteiger partial charge in [-0.2, -0.15) is 0 Å². The molecule has 0 aromatic heterocycles. The molecule has 0 aliphatic heterocycles. The molecule has 4 aromatic carbocycles. The lowest BCUT2D eigenvalue weighted by molar-refractivity contribution is -0.0781. The van der Waals surface area contributed by atoms with Crippen molar-refractivity contribution in [3.63, 3.8) is 0 Å². The number of aliphatic hydroxyl groups is 2. The first-order valence-electron chi connectivity index (χ1n) is 20.1. The highest BCUT2D eigenvalue weighted by atomic mass is 16.5. The van der Waals surface area contributed by atoms with Crippen LogP contribution in [-0.2, 0) is 13.0 Å². The van der Waals surface area contributed by atoms with Crippen LogP contribution in [0.2, 0.25) is 0 Å². The summed E-state index contributed by atoms with van der Waals surface area (Å²) < 4.78 is 16.6. The number of ketones is 1. The van der Waals surface area contributed by atoms with E-state index in [2.05, 4.69) is 25.2 Å². The Kier molecular flexibility index (Phi) is 13.1. The number of aliphatic hydroxyl groups excluding tert-OH is 1. The van der Waals surface area contributed by atoms with E-state index in [4.69, 9.17) is 14.2 Å². The molecular formula is C48H58N2O7. The molecule has 2 bridgehead atoms. The molecular weight excluding hydrogens is 717 g/mol. The zero-order valence-corrected chi connectivity index (χ0v) is 34.2. The molecule has 0 unspecified atom stereocenters. The monoisotopic (exact) mass is 774 g/mol. The fourth-order valence-electron chi connectivity index (χ4n) is 8.90. The molecule has 0 heterocycles. The van der Waals surface area contributed by atoms with Crippen LogP contribution in [0.5, 0.6) is 17.2 Å². The zero-order chi connectivity index (χ0) is 40.7. The summed E-state index contributed by atoms with van der Waals surface area (Å²) in [6.07, 6.45) is 5.82. The summed E-state index contributed by atoms with van der Waals surface area (Å²) >= 11 is 0. The van der Waals surface area contributed by atoms with E-state index in [0.717, 1.165) is 28.7 Å². The summed E-state index contributed by atoms with van der Waals surface area (Å²) in [5, 5.41) is 27.5. The van der Waals surface area contributed by atoms with Crippen molar-refractivity contribution in [1.82, 2.24) is 10.2 Å². The molecule has 9 nitrogen and oxygen atoms in total. The maximum Gasteiger partial charge on any atom is 0.318 e. The third kappa shape index (κ3) is 9.21. The Labute approximate surface area is 337 Å². The second kappa shape index (κ2) is 18.0. The second-order valence-corrected chi connectivity index (χ2v) is 16.1. The van der Waals surface area contributed by atoms with Gasteiger partial charge in [0, 0.05) is 28.2 Å². The highest BCUT2D eigenvalue weighted by Gasteiger charge is 2.57. The lowest BCUT2D eigenvalue weighted by Crippen LogP contribution is -2.55. The Bertz CT molecular complexity index is 2050. The van der Waals surface area contributed by atoms with Crippen LogP contribution >= 0.6 is 0 Å². The van der Waals surface area contributed by atoms with E-state index >= 15 is 0 Å². The number of carbonyl (C=O) groups excluding carboxylic acids is 2. The van der Waals surface area contributed by atoms with Gasteiger partial charge in [0.05, 0.1) is 52.2 Å². The fourth-order valence-corrected chi connectivity index (χ4v) is 8.90. The molecule has 4 aromatic rings. The minimum absolute atomic E-state index is 0.0528. The molecule has 302 valence electrons. The number of carbonyl (C=O) groups is 2. The third-order valence-electron chi connectivity index (χ3n) is 12.5. The van der Waals surface area contributed by atoms with Gasteiger partial charge in [-0.1, -0.05) is 61.0 Å². The van der Waals surface area contributed by atoms with Crippen LogP contribution < -0.4 is 19.5 Å². The summed E-state index contributed by atoms with van der Waals surface area (Å²) in [6.45, 7) is 6.42. The summed E-state index contributed by atoms with van der Waals surface area (Å²) in [7, 11) is 4.79. The molecule has 0 saturated heterocycles. The average molecular weight is 775 g/mol. The van der Waals surface area contributed by atoms with Gasteiger partial charge in [-0.25, -0.2) is 4.79 Å². The van der Waals surface area contributed by atoms with Crippen molar-refractivity contribution in [2.24, 2.45) is 5.41 Å². The van der Waals surface area contributed by atoms with Crippen LogP contribution in [0.4, 0.5) is 4.79 Å². The van der Waals surface area contributed by atoms with Crippen LogP contribution in [-0.4, -0.2) is 66.5 Å². The number of urea groups is 1. The Balaban J connectivity index is 1.42. The molecule has 3 aliphatic carbocycles. The van der Waals surface area contributed by atoms with Crippen molar-refractivity contribution >= 4 is 11.8 Å². The normalized spacial score (nSPS) is 22.7. The molecule has 0 spiro atoms. The van der Waals surface area contributed by atoms with Gasteiger partial charge >= 0.3 is 6.03 Å². The number of benzene rings is 4. The minimum atomic E-state index is -1.33. The SMILES string of the molecule is COc1ccc(C(=O)c2cc3ccc2[C@@H]2CC[C@@](O)(CN(Cc4ccc(OC)cc4OC)C(=O)N[C@H](C)c4ccccc4)[C@@]2(C)CCC=C(C)CC[C@H](O)C3)cc1. The van der Waals surface area contributed by atoms with Crippen molar-refractivity contribution in [3.8, 4) is 17.2 Å². The van der Waals surface area contributed by atoms with Crippen LogP contribution in [0.1, 0.15) is 109 Å². The highest BCUT2D eigenvalue weighted by molar-refractivity contribution is 6.10. The summed E-state index contributed by atoms with van der Waals surface area (Å²) in [5.41, 5.74) is 3.72. The summed E-state index contributed by atoms with van der Waals surface area (Å²) in [4.78, 5) is 30.7. The maximum atomic E-state index is 14.5. The second-order valence-electron chi connectivity index (χ2n) is 16.1. The third-order valence-corrected chi connectivity index (χ3v) is 12.5. The number of hydrogen-bond donors (Lipinski definition) is 3. The van der Waals surface area contributed by atoms with Gasteiger partial charge in [-0.05, 0) is 124 Å². The van der Waals surface area contributed by atoms with E-state index in [9.17, 15) is 19.8 Å². The number of hydrogen-bond acceptors (Lipinski definition) is 7. The summed E-state index contributed by atoms with van der Waals surface area (Å²) in [5.74, 6) is 1.55. The van der Waals surface area contributed by atoms with Crippen LogP contribution in [0.15, 0.2) is 103 Å². The standard InChI is InChI=1S/C48H58N2O7/c1-32-11-10-25-47(3)43(41-23-15-34(27-38(51)19-14-32)28-42(41)45(52)36-16-20-39(55-4)21-17-36)24-26-48(47,54)31-50(30-37-18-22-40(56-5)29-44(37)57-6)46(53)49-33(2)35-12-8-7-9-13-35/h7-9,11-13,15-18,20-23,28-29,33,38,43,51,54H,10,14,19,24-27,30-31H2,1-6H3,(H,49,53)/t33-,38+,43+,47+,48-/m1/s1. The number of rotatable bonds is 11. The molecule has 1 saturated carbocycles. The quantitative estimate of drug-likeness (QED) is 0.103. The Hall–Kier alpha value is -5.12. The molecule has 1 fully saturated rings. The van der Waals surface area contributed by atoms with Crippen molar-refractivity contribution in [2.75, 3.05) is 27.9 Å². The smallest absolute Gasteiger partial charge is 0.318 e. The maximum absolute atomic E-state index is 14.5. The molecule has 3 aliphatic rings. The summed E-state index contributed by atoms with van der Waals surface area (Å²) in [6, 6.07) is 27.9. The van der Waals surface area contributed by atoms with Gasteiger partial charge in [-0.15, -0.1) is 0 Å². The van der Waals surface area contributed by atoms with Gasteiger partial charge in [0.15, 0.2) is 5.78 Å². The molecule has 2 amide bonds. The number of allylic oxidation sites excluding steroid dienone is 2. The van der Waals surface area contributed by atoms with Gasteiger partial charge in [0.25, 0.3) is 0 Å².